The molecule has 2 aliphatic carbocycles. The van der Waals surface area contributed by atoms with Crippen molar-refractivity contribution in [3.8, 4) is 0 Å². The Kier molecular flexibility index (Phi) is 10.6. The van der Waals surface area contributed by atoms with Crippen LogP contribution < -0.4 is 4.31 Å². The fourth-order valence-electron chi connectivity index (χ4n) is 6.23. The van der Waals surface area contributed by atoms with E-state index in [1.165, 1.54) is 34.6 Å². The quantitative estimate of drug-likeness (QED) is 0.208. The van der Waals surface area contributed by atoms with E-state index in [-0.39, 0.29) is 45.0 Å². The molecule has 2 fully saturated rings. The first kappa shape index (κ1) is 34.2. The van der Waals surface area contributed by atoms with E-state index in [0.29, 0.717) is 5.02 Å². The minimum Gasteiger partial charge on any atom is -0.265 e. The van der Waals surface area contributed by atoms with Crippen molar-refractivity contribution >= 4 is 53.3 Å². The van der Waals surface area contributed by atoms with Crippen LogP contribution in [-0.2, 0) is 32.8 Å². The smallest absolute Gasteiger partial charge is 0.265 e. The summed E-state index contributed by atoms with van der Waals surface area (Å²) in [4.78, 5) is -0.256. The highest BCUT2D eigenvalue weighted by Crippen LogP contribution is 2.39. The van der Waals surface area contributed by atoms with Gasteiger partial charge in [0.05, 0.1) is 21.0 Å². The van der Waals surface area contributed by atoms with Gasteiger partial charge in [0, 0.05) is 28.6 Å². The second-order valence-corrected chi connectivity index (χ2v) is 16.8. The Labute approximate surface area is 276 Å². The summed E-state index contributed by atoms with van der Waals surface area (Å²) in [6, 6.07) is 14.7. The molecule has 0 amide bonds. The van der Waals surface area contributed by atoms with Gasteiger partial charge in [0.2, 0.25) is 10.0 Å². The summed E-state index contributed by atoms with van der Waals surface area (Å²) in [5.41, 5.74) is -0.291. The molecule has 13 heteroatoms. The Hall–Kier alpha value is -2.12. The third-order valence-corrected chi connectivity index (χ3v) is 13.3. The van der Waals surface area contributed by atoms with Crippen molar-refractivity contribution in [1.82, 2.24) is 4.31 Å². The number of benzene rings is 3. The van der Waals surface area contributed by atoms with Crippen LogP contribution in [0.3, 0.4) is 0 Å². The monoisotopic (exact) mass is 746 g/mol. The van der Waals surface area contributed by atoms with Gasteiger partial charge in [0.25, 0.3) is 10.0 Å². The molecular weight excluding hydrogens is 713 g/mol. The predicted molar refractivity (Wildman–Crippen MR) is 173 cm³/mol. The van der Waals surface area contributed by atoms with Gasteiger partial charge in [-0.05, 0) is 108 Å². The molecule has 2 aliphatic rings. The molecule has 0 aliphatic heterocycles. The lowest BCUT2D eigenvalue weighted by molar-refractivity contribution is -0.137. The number of hydrogen-bond acceptors (Lipinski definition) is 4. The standard InChI is InChI=1S/C32H35BrClF3N2O4S2/c33-30-19-12-25(32(35,36)37)20-31(30)39(22-23-6-2-1-3-7-23)45(42,43)29-17-15-28(16-18-29)44(40,41)38(27-8-4-5-9-27)21-24-10-13-26(34)14-11-24/h10-20,23,27H,1-9,21-22H2. The van der Waals surface area contributed by atoms with Crippen molar-refractivity contribution in [2.45, 2.75) is 86.3 Å². The van der Waals surface area contributed by atoms with Gasteiger partial charge < -0.3 is 0 Å². The zero-order valence-corrected chi connectivity index (χ0v) is 28.5. The van der Waals surface area contributed by atoms with Gasteiger partial charge in [-0.25, -0.2) is 16.8 Å². The summed E-state index contributed by atoms with van der Waals surface area (Å²) in [6.07, 6.45) is 3.01. The first-order chi connectivity index (χ1) is 21.3. The summed E-state index contributed by atoms with van der Waals surface area (Å²) < 4.78 is 100. The molecule has 0 spiro atoms. The van der Waals surface area contributed by atoms with Gasteiger partial charge in [-0.2, -0.15) is 17.5 Å². The summed E-state index contributed by atoms with van der Waals surface area (Å²) in [6.45, 7) is 0.155. The highest BCUT2D eigenvalue weighted by atomic mass is 79.9. The number of rotatable bonds is 10. The Morgan fingerprint density at radius 1 is 0.756 bits per heavy atom. The van der Waals surface area contributed by atoms with E-state index in [9.17, 15) is 30.0 Å². The molecule has 0 heterocycles. The lowest BCUT2D eigenvalue weighted by Gasteiger charge is -2.32. The highest BCUT2D eigenvalue weighted by Gasteiger charge is 2.36. The zero-order chi connectivity index (χ0) is 32.4. The van der Waals surface area contributed by atoms with Gasteiger partial charge in [0.15, 0.2) is 0 Å². The van der Waals surface area contributed by atoms with Crippen LogP contribution in [-0.4, -0.2) is 33.7 Å². The maximum absolute atomic E-state index is 14.1. The zero-order valence-electron chi connectivity index (χ0n) is 24.5. The first-order valence-electron chi connectivity index (χ1n) is 15.0. The van der Waals surface area contributed by atoms with E-state index >= 15 is 0 Å². The van der Waals surface area contributed by atoms with Gasteiger partial charge in [-0.15, -0.1) is 0 Å². The number of nitrogens with zero attached hydrogens (tertiary/aromatic N) is 2. The second kappa shape index (κ2) is 13.9. The minimum atomic E-state index is -4.66. The normalized spacial score (nSPS) is 17.2. The van der Waals surface area contributed by atoms with Crippen LogP contribution in [0.4, 0.5) is 18.9 Å². The Morgan fingerprint density at radius 3 is 1.89 bits per heavy atom. The molecule has 5 rings (SSSR count). The molecule has 45 heavy (non-hydrogen) atoms. The molecule has 0 aromatic heterocycles. The van der Waals surface area contributed by atoms with E-state index < -0.39 is 31.8 Å². The van der Waals surface area contributed by atoms with Crippen LogP contribution in [0.25, 0.3) is 0 Å². The van der Waals surface area contributed by atoms with Crippen LogP contribution in [0.1, 0.15) is 68.9 Å². The van der Waals surface area contributed by atoms with Crippen molar-refractivity contribution in [2.24, 2.45) is 5.92 Å². The first-order valence-corrected chi connectivity index (χ1v) is 19.1. The van der Waals surface area contributed by atoms with Gasteiger partial charge in [0.1, 0.15) is 0 Å². The number of halogens is 5. The topological polar surface area (TPSA) is 74.8 Å². The molecule has 6 nitrogen and oxygen atoms in total. The number of sulfonamides is 2. The van der Waals surface area contributed by atoms with Crippen LogP contribution in [0, 0.1) is 5.92 Å². The van der Waals surface area contributed by atoms with Crippen molar-refractivity contribution in [2.75, 3.05) is 10.8 Å². The van der Waals surface area contributed by atoms with E-state index in [2.05, 4.69) is 15.9 Å². The maximum Gasteiger partial charge on any atom is 0.416 e. The second-order valence-electron chi connectivity index (χ2n) is 11.8. The molecule has 0 bridgehead atoms. The Bertz CT molecular complexity index is 1690. The van der Waals surface area contributed by atoms with E-state index in [4.69, 9.17) is 11.6 Å². The molecule has 0 saturated heterocycles. The minimum absolute atomic E-state index is 0.0127. The van der Waals surface area contributed by atoms with Crippen molar-refractivity contribution in [3.05, 3.63) is 87.4 Å². The van der Waals surface area contributed by atoms with Gasteiger partial charge >= 0.3 is 6.18 Å². The van der Waals surface area contributed by atoms with Crippen LogP contribution in [0.5, 0.6) is 0 Å². The molecule has 244 valence electrons. The largest absolute Gasteiger partial charge is 0.416 e. The number of alkyl halides is 3. The SMILES string of the molecule is O=S(=O)(c1ccc(S(=O)(=O)N(Cc2ccc(Cl)cc2)C2CCCC2)cc1)N(CC1CCCCC1)c1cc(C(F)(F)F)ccc1Br. The molecular formula is C32H35BrClF3N2O4S2. The molecule has 3 aromatic carbocycles. The maximum atomic E-state index is 14.1. The molecule has 0 N–H and O–H groups in total. The molecule has 2 saturated carbocycles. The van der Waals surface area contributed by atoms with Gasteiger partial charge in [-0.1, -0.05) is 55.8 Å². The summed E-state index contributed by atoms with van der Waals surface area (Å²) >= 11 is 9.31. The average molecular weight is 748 g/mol. The number of hydrogen-bond donors (Lipinski definition) is 0. The van der Waals surface area contributed by atoms with Crippen molar-refractivity contribution in [3.63, 3.8) is 0 Å². The van der Waals surface area contributed by atoms with Gasteiger partial charge in [-0.3, -0.25) is 4.31 Å². The van der Waals surface area contributed by atoms with Crippen molar-refractivity contribution in [1.29, 1.82) is 0 Å². The van der Waals surface area contributed by atoms with Crippen molar-refractivity contribution < 1.29 is 30.0 Å². The van der Waals surface area contributed by atoms with Crippen LogP contribution >= 0.6 is 27.5 Å². The molecule has 3 aromatic rings. The molecule has 0 atom stereocenters. The summed E-state index contributed by atoms with van der Waals surface area (Å²) in [5, 5.41) is 0.542. The predicted octanol–water partition coefficient (Wildman–Crippen LogP) is 9.03. The van der Waals surface area contributed by atoms with Crippen LogP contribution in [0.15, 0.2) is 81.0 Å². The van der Waals surface area contributed by atoms with Crippen LogP contribution in [0.2, 0.25) is 5.02 Å². The van der Waals surface area contributed by atoms with E-state index in [1.54, 1.807) is 24.3 Å². The lowest BCUT2D eigenvalue weighted by atomic mass is 9.89. The number of anilines is 1. The molecule has 0 unspecified atom stereocenters. The molecule has 0 radical (unpaired) electrons. The summed E-state index contributed by atoms with van der Waals surface area (Å²) in [5.74, 6) is -0.0255. The third-order valence-electron chi connectivity index (χ3n) is 8.69. The van der Waals surface area contributed by atoms with E-state index in [1.807, 2.05) is 0 Å². The Balaban J connectivity index is 1.49. The Morgan fingerprint density at radius 2 is 1.31 bits per heavy atom. The van der Waals surface area contributed by atoms with E-state index in [0.717, 1.165) is 79.8 Å². The lowest BCUT2D eigenvalue weighted by Crippen LogP contribution is -2.38. The third kappa shape index (κ3) is 7.89. The highest BCUT2D eigenvalue weighted by molar-refractivity contribution is 9.10. The average Bonchev–Trinajstić information content (AvgIpc) is 3.54. The fourth-order valence-corrected chi connectivity index (χ4v) is 10.2. The fraction of sp³-hybridized carbons (Fsp3) is 0.438. The summed E-state index contributed by atoms with van der Waals surface area (Å²) in [7, 11) is -8.39.